The summed E-state index contributed by atoms with van der Waals surface area (Å²) in [5, 5.41) is 6.98. The lowest BCUT2D eigenvalue weighted by Gasteiger charge is -2.18. The van der Waals surface area contributed by atoms with Gasteiger partial charge >= 0.3 is 0 Å². The molecule has 1 heterocycles. The third kappa shape index (κ3) is 5.25. The molecule has 1 aromatic heterocycles. The van der Waals surface area contributed by atoms with Crippen molar-refractivity contribution in [2.24, 2.45) is 0 Å². The first-order valence-electron chi connectivity index (χ1n) is 9.16. The van der Waals surface area contributed by atoms with Crippen LogP contribution in [0.25, 0.3) is 0 Å². The number of hydrogen-bond donors (Lipinski definition) is 1. The summed E-state index contributed by atoms with van der Waals surface area (Å²) in [4.78, 5) is 16.6. The number of ether oxygens (including phenoxy) is 3. The number of carbonyl (C=O) groups is 1. The van der Waals surface area contributed by atoms with Crippen molar-refractivity contribution in [2.45, 2.75) is 26.1 Å². The number of nitrogens with one attached hydrogen (secondary N) is 1. The molecule has 1 N–H and O–H groups in total. The lowest BCUT2D eigenvalue weighted by Crippen LogP contribution is -2.35. The van der Waals surface area contributed by atoms with E-state index in [4.69, 9.17) is 14.2 Å². The quantitative estimate of drug-likeness (QED) is 0.598. The van der Waals surface area contributed by atoms with Crippen LogP contribution in [0.1, 0.15) is 22.8 Å². The van der Waals surface area contributed by atoms with Gasteiger partial charge in [-0.05, 0) is 24.6 Å². The van der Waals surface area contributed by atoms with Crippen LogP contribution in [0.5, 0.6) is 17.2 Å². The molecule has 0 bridgehead atoms. The Kier molecular flexibility index (Phi) is 6.67. The van der Waals surface area contributed by atoms with Crippen molar-refractivity contribution in [3.8, 4) is 17.2 Å². The first kappa shape index (κ1) is 20.2. The summed E-state index contributed by atoms with van der Waals surface area (Å²) in [7, 11) is 3.05. The van der Waals surface area contributed by atoms with E-state index >= 15 is 0 Å². The summed E-state index contributed by atoms with van der Waals surface area (Å²) in [6, 6.07) is 12.9. The van der Waals surface area contributed by atoms with Crippen molar-refractivity contribution in [2.75, 3.05) is 14.2 Å². The lowest BCUT2D eigenvalue weighted by molar-refractivity contribution is 0.0935. The third-order valence-corrected chi connectivity index (χ3v) is 4.25. The van der Waals surface area contributed by atoms with Crippen molar-refractivity contribution in [1.82, 2.24) is 20.1 Å². The highest BCUT2D eigenvalue weighted by Gasteiger charge is 2.19. The second-order valence-electron chi connectivity index (χ2n) is 6.48. The van der Waals surface area contributed by atoms with E-state index in [0.717, 1.165) is 5.56 Å². The minimum absolute atomic E-state index is 0.143. The van der Waals surface area contributed by atoms with E-state index in [1.165, 1.54) is 20.5 Å². The van der Waals surface area contributed by atoms with E-state index in [-0.39, 0.29) is 11.9 Å². The zero-order valence-electron chi connectivity index (χ0n) is 16.7. The van der Waals surface area contributed by atoms with E-state index in [0.29, 0.717) is 36.0 Å². The molecule has 152 valence electrons. The molecule has 1 unspecified atom stereocenters. The molecule has 3 aromatic rings. The van der Waals surface area contributed by atoms with Crippen LogP contribution in [0.4, 0.5) is 0 Å². The fraction of sp³-hybridized carbons (Fsp3) is 0.286. The molecule has 1 amide bonds. The zero-order chi connectivity index (χ0) is 20.6. The van der Waals surface area contributed by atoms with Gasteiger partial charge in [0.2, 0.25) is 5.75 Å². The molecule has 8 nitrogen and oxygen atoms in total. The Morgan fingerprint density at radius 3 is 2.41 bits per heavy atom. The molecule has 0 fully saturated rings. The smallest absolute Gasteiger partial charge is 0.251 e. The molecule has 0 aliphatic carbocycles. The molecule has 0 radical (unpaired) electrons. The van der Waals surface area contributed by atoms with Gasteiger partial charge in [-0.2, -0.15) is 5.10 Å². The van der Waals surface area contributed by atoms with Gasteiger partial charge < -0.3 is 19.5 Å². The van der Waals surface area contributed by atoms with Crippen LogP contribution in [-0.4, -0.2) is 40.9 Å². The fourth-order valence-corrected chi connectivity index (χ4v) is 2.84. The molecule has 0 saturated heterocycles. The molecule has 8 heteroatoms. The summed E-state index contributed by atoms with van der Waals surface area (Å²) in [6.45, 7) is 2.76. The molecule has 0 spiro atoms. The zero-order valence-corrected chi connectivity index (χ0v) is 16.7. The topological polar surface area (TPSA) is 87.5 Å². The van der Waals surface area contributed by atoms with Crippen LogP contribution < -0.4 is 19.5 Å². The number of rotatable bonds is 9. The Morgan fingerprint density at radius 2 is 1.83 bits per heavy atom. The lowest BCUT2D eigenvalue weighted by atomic mass is 10.1. The van der Waals surface area contributed by atoms with Crippen LogP contribution in [0.15, 0.2) is 55.1 Å². The Balaban J connectivity index is 1.74. The largest absolute Gasteiger partial charge is 0.493 e. The van der Waals surface area contributed by atoms with Crippen LogP contribution in [0, 0.1) is 0 Å². The number of nitrogens with zero attached hydrogens (tertiary/aromatic N) is 3. The van der Waals surface area contributed by atoms with Crippen molar-refractivity contribution in [3.63, 3.8) is 0 Å². The number of aromatic nitrogens is 3. The molecule has 0 saturated carbocycles. The maximum atomic E-state index is 12.7. The molecule has 0 aliphatic heterocycles. The molecule has 1 atom stereocenters. The molecule has 0 aliphatic rings. The highest BCUT2D eigenvalue weighted by molar-refractivity contribution is 5.95. The predicted octanol–water partition coefficient (Wildman–Crippen LogP) is 2.69. The summed E-state index contributed by atoms with van der Waals surface area (Å²) >= 11 is 0. The molecule has 3 rings (SSSR count). The Morgan fingerprint density at radius 1 is 1.14 bits per heavy atom. The first-order chi connectivity index (χ1) is 14.1. The number of carbonyl (C=O) groups excluding carboxylic acids is 1. The Bertz CT molecular complexity index is 904. The van der Waals surface area contributed by atoms with Crippen LogP contribution in [-0.2, 0) is 13.2 Å². The van der Waals surface area contributed by atoms with Crippen molar-refractivity contribution in [1.29, 1.82) is 0 Å². The maximum absolute atomic E-state index is 12.7. The molecular weight excluding hydrogens is 372 g/mol. The van der Waals surface area contributed by atoms with Crippen molar-refractivity contribution >= 4 is 5.91 Å². The number of hydrogen-bond acceptors (Lipinski definition) is 6. The summed E-state index contributed by atoms with van der Waals surface area (Å²) in [6.07, 6.45) is 3.06. The summed E-state index contributed by atoms with van der Waals surface area (Å²) < 4.78 is 18.5. The predicted molar refractivity (Wildman–Crippen MR) is 107 cm³/mol. The average Bonchev–Trinajstić information content (AvgIpc) is 3.25. The van der Waals surface area contributed by atoms with Gasteiger partial charge in [0, 0.05) is 11.6 Å². The first-order valence-corrected chi connectivity index (χ1v) is 9.16. The second-order valence-corrected chi connectivity index (χ2v) is 6.48. The van der Waals surface area contributed by atoms with Gasteiger partial charge in [0.25, 0.3) is 5.91 Å². The van der Waals surface area contributed by atoms with E-state index in [9.17, 15) is 4.79 Å². The summed E-state index contributed by atoms with van der Waals surface area (Å²) in [5.41, 5.74) is 1.43. The fourth-order valence-electron chi connectivity index (χ4n) is 2.84. The van der Waals surface area contributed by atoms with Gasteiger partial charge in [-0.15, -0.1) is 0 Å². The minimum Gasteiger partial charge on any atom is -0.493 e. The average molecular weight is 396 g/mol. The Hall–Kier alpha value is -3.55. The van der Waals surface area contributed by atoms with Gasteiger partial charge in [0.1, 0.15) is 19.3 Å². The van der Waals surface area contributed by atoms with Crippen LogP contribution >= 0.6 is 0 Å². The maximum Gasteiger partial charge on any atom is 0.251 e. The summed E-state index contributed by atoms with van der Waals surface area (Å²) in [5.74, 6) is 1.05. The third-order valence-electron chi connectivity index (χ3n) is 4.25. The second kappa shape index (κ2) is 9.59. The van der Waals surface area contributed by atoms with Crippen LogP contribution in [0.2, 0.25) is 0 Å². The van der Waals surface area contributed by atoms with Crippen LogP contribution in [0.3, 0.4) is 0 Å². The molecule has 2 aromatic carbocycles. The van der Waals surface area contributed by atoms with Gasteiger partial charge in [0.15, 0.2) is 11.5 Å². The van der Waals surface area contributed by atoms with E-state index in [2.05, 4.69) is 15.4 Å². The van der Waals surface area contributed by atoms with Crippen molar-refractivity contribution < 1.29 is 19.0 Å². The van der Waals surface area contributed by atoms with Crippen molar-refractivity contribution in [3.05, 3.63) is 66.2 Å². The van der Waals surface area contributed by atoms with E-state index in [1.807, 2.05) is 37.3 Å². The Labute approximate surface area is 169 Å². The monoisotopic (exact) mass is 396 g/mol. The van der Waals surface area contributed by atoms with E-state index < -0.39 is 0 Å². The molecular formula is C21H24N4O4. The number of methoxy groups -OCH3 is 2. The highest BCUT2D eigenvalue weighted by Crippen LogP contribution is 2.39. The standard InChI is InChI=1S/C21H24N4O4/c1-15(11-25-14-22-13-23-25)24-21(26)17-9-18(27-2)20(19(10-17)28-3)29-12-16-7-5-4-6-8-16/h4-10,13-15H,11-12H2,1-3H3,(H,24,26). The normalized spacial score (nSPS) is 11.6. The number of amides is 1. The SMILES string of the molecule is COc1cc(C(=O)NC(C)Cn2cncn2)cc(OC)c1OCc1ccccc1. The van der Waals surface area contributed by atoms with Gasteiger partial charge in [-0.1, -0.05) is 30.3 Å². The molecule has 29 heavy (non-hydrogen) atoms. The van der Waals surface area contributed by atoms with E-state index in [1.54, 1.807) is 23.1 Å². The number of benzene rings is 2. The van der Waals surface area contributed by atoms with Gasteiger partial charge in [-0.25, -0.2) is 4.98 Å². The minimum atomic E-state index is -0.246. The van der Waals surface area contributed by atoms with Gasteiger partial charge in [0.05, 0.1) is 20.8 Å². The van der Waals surface area contributed by atoms with Gasteiger partial charge in [-0.3, -0.25) is 9.48 Å². The highest BCUT2D eigenvalue weighted by atomic mass is 16.5.